The average molecular weight is 473 g/mol. The molecule has 2 aliphatic rings. The van der Waals surface area contributed by atoms with Gasteiger partial charge < -0.3 is 29.6 Å². The Kier molecular flexibility index (Phi) is 11.7. The Hall–Kier alpha value is -2.02. The van der Waals surface area contributed by atoms with Crippen LogP contribution in [0.2, 0.25) is 0 Å². The highest BCUT2D eigenvalue weighted by molar-refractivity contribution is 5.85. The molecule has 0 bridgehead atoms. The summed E-state index contributed by atoms with van der Waals surface area (Å²) in [7, 11) is 3.34. The van der Waals surface area contributed by atoms with Gasteiger partial charge in [0.15, 0.2) is 11.5 Å². The van der Waals surface area contributed by atoms with Gasteiger partial charge in [0.25, 0.3) is 0 Å². The van der Waals surface area contributed by atoms with Crippen LogP contribution in [0.15, 0.2) is 42.5 Å². The molecule has 0 amide bonds. The minimum atomic E-state index is -0.0844. The van der Waals surface area contributed by atoms with Gasteiger partial charge in [-0.25, -0.2) is 0 Å². The molecule has 4 rings (SSSR count). The summed E-state index contributed by atoms with van der Waals surface area (Å²) in [6.07, 6.45) is 2.50. The monoisotopic (exact) mass is 472 g/mol. The summed E-state index contributed by atoms with van der Waals surface area (Å²) in [6, 6.07) is 13.8. The molecule has 0 radical (unpaired) electrons. The van der Waals surface area contributed by atoms with Gasteiger partial charge in [-0.05, 0) is 43.0 Å². The largest absolute Gasteiger partial charge is 0.495 e. The first-order chi connectivity index (χ1) is 14.2. The number of para-hydroxylation sites is 3. The van der Waals surface area contributed by atoms with Gasteiger partial charge in [-0.2, -0.15) is 0 Å². The van der Waals surface area contributed by atoms with Crippen LogP contribution in [0, 0.1) is 5.92 Å². The van der Waals surface area contributed by atoms with Crippen LogP contribution in [-0.4, -0.2) is 46.6 Å². The molecular weight excluding hydrogens is 439 g/mol. The Bertz CT molecular complexity index is 772. The molecule has 0 aliphatic carbocycles. The highest BCUT2D eigenvalue weighted by Crippen LogP contribution is 2.39. The molecule has 1 fully saturated rings. The van der Waals surface area contributed by atoms with Crippen molar-refractivity contribution in [1.82, 2.24) is 0 Å². The van der Waals surface area contributed by atoms with E-state index in [0.717, 1.165) is 24.8 Å². The molecule has 2 heterocycles. The fourth-order valence-electron chi connectivity index (χ4n) is 3.53. The molecule has 174 valence electrons. The van der Waals surface area contributed by atoms with Crippen molar-refractivity contribution < 1.29 is 18.9 Å². The Morgan fingerprint density at radius 3 is 2.26 bits per heavy atom. The van der Waals surface area contributed by atoms with Crippen molar-refractivity contribution in [2.45, 2.75) is 25.9 Å². The van der Waals surface area contributed by atoms with Crippen LogP contribution >= 0.6 is 24.8 Å². The van der Waals surface area contributed by atoms with Gasteiger partial charge in [0.1, 0.15) is 18.5 Å². The molecule has 31 heavy (non-hydrogen) atoms. The number of piperidine rings is 1. The Labute approximate surface area is 197 Å². The van der Waals surface area contributed by atoms with Gasteiger partial charge in [0, 0.05) is 19.6 Å². The third-order valence-electron chi connectivity index (χ3n) is 5.34. The summed E-state index contributed by atoms with van der Waals surface area (Å²) in [6.45, 7) is 5.58. The summed E-state index contributed by atoms with van der Waals surface area (Å²) >= 11 is 0. The fourth-order valence-corrected chi connectivity index (χ4v) is 3.53. The molecule has 1 unspecified atom stereocenters. The zero-order valence-corrected chi connectivity index (χ0v) is 20.0. The van der Waals surface area contributed by atoms with E-state index in [9.17, 15) is 0 Å². The van der Waals surface area contributed by atoms with Crippen LogP contribution < -0.4 is 29.6 Å². The second-order valence-electron chi connectivity index (χ2n) is 7.42. The van der Waals surface area contributed by atoms with Crippen LogP contribution in [0.1, 0.15) is 19.8 Å². The SMILES string of the molecule is COc1cccc2c1OC(CN)CO2.COc1ccccc1N1CCC(C)CC1.Cl.Cl. The molecule has 1 saturated heterocycles. The lowest BCUT2D eigenvalue weighted by molar-refractivity contribution is 0.0927. The molecule has 2 N–H and O–H groups in total. The van der Waals surface area contributed by atoms with E-state index in [-0.39, 0.29) is 30.9 Å². The fraction of sp³-hybridized carbons (Fsp3) is 0.478. The van der Waals surface area contributed by atoms with Crippen LogP contribution in [0.25, 0.3) is 0 Å². The summed E-state index contributed by atoms with van der Waals surface area (Å²) in [5.74, 6) is 3.91. The van der Waals surface area contributed by atoms with Crippen LogP contribution in [0.3, 0.4) is 0 Å². The second kappa shape index (κ2) is 13.4. The summed E-state index contributed by atoms with van der Waals surface area (Å²) in [4.78, 5) is 2.43. The maximum Gasteiger partial charge on any atom is 0.204 e. The van der Waals surface area contributed by atoms with E-state index >= 15 is 0 Å². The van der Waals surface area contributed by atoms with E-state index in [1.807, 2.05) is 30.3 Å². The average Bonchev–Trinajstić information content (AvgIpc) is 2.79. The number of nitrogens with two attached hydrogens (primary N) is 1. The van der Waals surface area contributed by atoms with E-state index in [2.05, 4.69) is 24.0 Å². The van der Waals surface area contributed by atoms with Crippen molar-refractivity contribution in [1.29, 1.82) is 0 Å². The lowest BCUT2D eigenvalue weighted by Crippen LogP contribution is -2.35. The number of fused-ring (bicyclic) bond motifs is 1. The molecule has 2 aromatic rings. The number of halogens is 2. The van der Waals surface area contributed by atoms with Crippen molar-refractivity contribution in [2.75, 3.05) is 45.4 Å². The van der Waals surface area contributed by atoms with Gasteiger partial charge in [0.2, 0.25) is 5.75 Å². The van der Waals surface area contributed by atoms with Crippen molar-refractivity contribution in [2.24, 2.45) is 11.7 Å². The van der Waals surface area contributed by atoms with Gasteiger partial charge >= 0.3 is 0 Å². The molecule has 2 aliphatic heterocycles. The van der Waals surface area contributed by atoms with Crippen LogP contribution in [0.4, 0.5) is 5.69 Å². The van der Waals surface area contributed by atoms with E-state index in [1.165, 1.54) is 18.5 Å². The maximum absolute atomic E-state index is 5.63. The third-order valence-corrected chi connectivity index (χ3v) is 5.34. The zero-order chi connectivity index (χ0) is 20.6. The topological polar surface area (TPSA) is 66.2 Å². The van der Waals surface area contributed by atoms with Gasteiger partial charge in [-0.1, -0.05) is 25.1 Å². The predicted octanol–water partition coefficient (Wildman–Crippen LogP) is 4.57. The van der Waals surface area contributed by atoms with E-state index in [4.69, 9.17) is 24.7 Å². The number of nitrogens with zero attached hydrogens (tertiary/aromatic N) is 1. The molecule has 1 atom stereocenters. The van der Waals surface area contributed by atoms with Gasteiger partial charge in [0.05, 0.1) is 19.9 Å². The number of methoxy groups -OCH3 is 2. The van der Waals surface area contributed by atoms with E-state index < -0.39 is 0 Å². The number of benzene rings is 2. The minimum absolute atomic E-state index is 0. The standard InChI is InChI=1S/C13H19NO.C10H13NO3.2ClH/c1-11-7-9-14(10-8-11)12-5-3-4-6-13(12)15-2;1-12-8-3-2-4-9-10(8)14-7(5-11)6-13-9;;/h3-6,11H,7-10H2,1-2H3;2-4,7H,5-6,11H2,1H3;2*1H. The molecule has 0 saturated carbocycles. The van der Waals surface area contributed by atoms with Crippen molar-refractivity contribution in [3.05, 3.63) is 42.5 Å². The first-order valence-electron chi connectivity index (χ1n) is 10.2. The van der Waals surface area contributed by atoms with Crippen molar-refractivity contribution in [3.8, 4) is 23.0 Å². The molecular formula is C23H34Cl2N2O4. The number of anilines is 1. The number of hydrogen-bond acceptors (Lipinski definition) is 6. The predicted molar refractivity (Wildman–Crippen MR) is 130 cm³/mol. The second-order valence-corrected chi connectivity index (χ2v) is 7.42. The van der Waals surface area contributed by atoms with E-state index in [0.29, 0.717) is 30.4 Å². The summed E-state index contributed by atoms with van der Waals surface area (Å²) in [5, 5.41) is 0. The molecule has 6 nitrogen and oxygen atoms in total. The van der Waals surface area contributed by atoms with Crippen LogP contribution in [0.5, 0.6) is 23.0 Å². The Balaban J connectivity index is 0.000000292. The third kappa shape index (κ3) is 6.99. The molecule has 8 heteroatoms. The minimum Gasteiger partial charge on any atom is -0.495 e. The van der Waals surface area contributed by atoms with E-state index in [1.54, 1.807) is 14.2 Å². The molecule has 0 spiro atoms. The zero-order valence-electron chi connectivity index (χ0n) is 18.4. The van der Waals surface area contributed by atoms with Gasteiger partial charge in [-0.15, -0.1) is 24.8 Å². The molecule has 0 aromatic heterocycles. The van der Waals surface area contributed by atoms with Crippen molar-refractivity contribution >= 4 is 30.5 Å². The van der Waals surface area contributed by atoms with Crippen molar-refractivity contribution in [3.63, 3.8) is 0 Å². The lowest BCUT2D eigenvalue weighted by Gasteiger charge is -2.32. The molecule has 2 aromatic carbocycles. The quantitative estimate of drug-likeness (QED) is 0.702. The first kappa shape index (κ1) is 27.0. The summed E-state index contributed by atoms with van der Waals surface area (Å²) < 4.78 is 21.7. The maximum atomic E-state index is 5.63. The normalized spacial score (nSPS) is 17.3. The highest BCUT2D eigenvalue weighted by atomic mass is 35.5. The van der Waals surface area contributed by atoms with Gasteiger partial charge in [-0.3, -0.25) is 0 Å². The van der Waals surface area contributed by atoms with Crippen LogP contribution in [-0.2, 0) is 0 Å². The highest BCUT2D eigenvalue weighted by Gasteiger charge is 2.22. The number of rotatable bonds is 4. The smallest absolute Gasteiger partial charge is 0.204 e. The number of ether oxygens (including phenoxy) is 4. The Morgan fingerprint density at radius 2 is 1.61 bits per heavy atom. The Morgan fingerprint density at radius 1 is 0.968 bits per heavy atom. The number of hydrogen-bond donors (Lipinski definition) is 1. The first-order valence-corrected chi connectivity index (χ1v) is 10.2. The lowest BCUT2D eigenvalue weighted by atomic mass is 9.99. The summed E-state index contributed by atoms with van der Waals surface area (Å²) in [5.41, 5.74) is 6.75.